The van der Waals surface area contributed by atoms with Crippen molar-refractivity contribution in [2.75, 3.05) is 24.7 Å². The van der Waals surface area contributed by atoms with Gasteiger partial charge in [-0.15, -0.1) is 0 Å². The maximum atomic E-state index is 13.7. The normalized spacial score (nSPS) is 21.5. The lowest BCUT2D eigenvalue weighted by molar-refractivity contribution is 0.0127. The molecule has 0 radical (unpaired) electrons. The molecule has 0 aliphatic carbocycles. The van der Waals surface area contributed by atoms with Crippen LogP contribution in [0.5, 0.6) is 5.75 Å². The molecular formula is C26H37NO4S. The third-order valence-electron chi connectivity index (χ3n) is 6.91. The number of phenolic OH excluding ortho intramolecular Hbond substituents is 1. The summed E-state index contributed by atoms with van der Waals surface area (Å²) >= 11 is 0. The van der Waals surface area contributed by atoms with E-state index in [9.17, 15) is 18.6 Å². The molecule has 0 spiro atoms. The van der Waals surface area contributed by atoms with E-state index in [-0.39, 0.29) is 11.5 Å². The molecule has 0 saturated heterocycles. The number of aliphatic hydroxyl groups is 1. The lowest BCUT2D eigenvalue weighted by Gasteiger charge is -2.40. The molecule has 2 atom stereocenters. The van der Waals surface area contributed by atoms with Crippen molar-refractivity contribution in [1.82, 2.24) is 0 Å². The summed E-state index contributed by atoms with van der Waals surface area (Å²) < 4.78 is 27.5. The van der Waals surface area contributed by atoms with Crippen LogP contribution in [0.3, 0.4) is 0 Å². The fraction of sp³-hybridized carbons (Fsp3) is 0.538. The summed E-state index contributed by atoms with van der Waals surface area (Å²) in [6.45, 7) is 4.20. The Bertz CT molecular complexity index is 1010. The Morgan fingerprint density at radius 1 is 1.00 bits per heavy atom. The number of unbranched alkanes of at least 4 members (excludes halogenated alkanes) is 2. The summed E-state index contributed by atoms with van der Waals surface area (Å²) in [4.78, 5) is 2.26. The average Bonchev–Trinajstić information content (AvgIpc) is 2.83. The second-order valence-corrected chi connectivity index (χ2v) is 11.4. The largest absolute Gasteiger partial charge is 0.508 e. The molecule has 0 fully saturated rings. The van der Waals surface area contributed by atoms with E-state index in [4.69, 9.17) is 0 Å². The zero-order valence-electron chi connectivity index (χ0n) is 19.7. The first-order valence-corrected chi connectivity index (χ1v) is 13.3. The van der Waals surface area contributed by atoms with Crippen LogP contribution in [0.15, 0.2) is 47.4 Å². The molecule has 5 nitrogen and oxygen atoms in total. The molecule has 0 bridgehead atoms. The lowest BCUT2D eigenvalue weighted by atomic mass is 9.68. The molecule has 6 heteroatoms. The predicted molar refractivity (Wildman–Crippen MR) is 130 cm³/mol. The molecule has 0 aromatic heterocycles. The van der Waals surface area contributed by atoms with Gasteiger partial charge in [0.2, 0.25) is 0 Å². The topological polar surface area (TPSA) is 77.8 Å². The van der Waals surface area contributed by atoms with Crippen molar-refractivity contribution in [3.8, 4) is 5.75 Å². The van der Waals surface area contributed by atoms with Gasteiger partial charge in [-0.1, -0.05) is 51.7 Å². The molecule has 2 aromatic rings. The van der Waals surface area contributed by atoms with Gasteiger partial charge in [-0.2, -0.15) is 0 Å². The zero-order valence-corrected chi connectivity index (χ0v) is 20.5. The van der Waals surface area contributed by atoms with Gasteiger partial charge in [0.05, 0.1) is 16.8 Å². The van der Waals surface area contributed by atoms with Crippen molar-refractivity contribution in [1.29, 1.82) is 0 Å². The van der Waals surface area contributed by atoms with Crippen LogP contribution >= 0.6 is 0 Å². The maximum Gasteiger partial charge on any atom is 0.179 e. The van der Waals surface area contributed by atoms with E-state index < -0.39 is 27.3 Å². The van der Waals surface area contributed by atoms with Gasteiger partial charge in [-0.25, -0.2) is 8.42 Å². The van der Waals surface area contributed by atoms with Gasteiger partial charge < -0.3 is 15.1 Å². The van der Waals surface area contributed by atoms with Crippen LogP contribution in [-0.2, 0) is 9.84 Å². The number of hydrogen-bond donors (Lipinski definition) is 2. The number of anilines is 1. The third kappa shape index (κ3) is 4.81. The molecular weight excluding hydrogens is 422 g/mol. The monoisotopic (exact) mass is 459 g/mol. The van der Waals surface area contributed by atoms with Crippen LogP contribution < -0.4 is 4.90 Å². The Morgan fingerprint density at radius 3 is 2.12 bits per heavy atom. The molecule has 2 aromatic carbocycles. The van der Waals surface area contributed by atoms with E-state index >= 15 is 0 Å². The van der Waals surface area contributed by atoms with Crippen molar-refractivity contribution in [3.05, 3.63) is 53.6 Å². The Labute approximate surface area is 193 Å². The predicted octanol–water partition coefficient (Wildman–Crippen LogP) is 5.11. The number of aliphatic hydroxyl groups excluding tert-OH is 1. The van der Waals surface area contributed by atoms with Gasteiger partial charge in [-0.3, -0.25) is 0 Å². The van der Waals surface area contributed by atoms with Crippen molar-refractivity contribution < 1.29 is 18.6 Å². The van der Waals surface area contributed by atoms with E-state index in [2.05, 4.69) is 13.8 Å². The first-order valence-electron chi connectivity index (χ1n) is 11.7. The van der Waals surface area contributed by atoms with Crippen LogP contribution in [-0.4, -0.2) is 44.6 Å². The van der Waals surface area contributed by atoms with Crippen LogP contribution in [0.1, 0.15) is 69.4 Å². The molecule has 2 N–H and O–H groups in total. The number of fused-ring (bicyclic) bond motifs is 1. The fourth-order valence-corrected chi connectivity index (χ4v) is 7.26. The number of benzene rings is 2. The van der Waals surface area contributed by atoms with Crippen LogP contribution in [0.25, 0.3) is 0 Å². The summed E-state index contributed by atoms with van der Waals surface area (Å²) in [6.07, 6.45) is 4.14. The van der Waals surface area contributed by atoms with E-state index in [0.717, 1.165) is 36.9 Å². The van der Waals surface area contributed by atoms with Gasteiger partial charge in [-0.05, 0) is 54.3 Å². The lowest BCUT2D eigenvalue weighted by Crippen LogP contribution is -2.43. The minimum atomic E-state index is -3.60. The van der Waals surface area contributed by atoms with Crippen molar-refractivity contribution in [3.63, 3.8) is 0 Å². The van der Waals surface area contributed by atoms with Crippen LogP contribution in [0.2, 0.25) is 0 Å². The number of nitrogens with zero attached hydrogens (tertiary/aromatic N) is 1. The highest BCUT2D eigenvalue weighted by Crippen LogP contribution is 2.50. The summed E-state index contributed by atoms with van der Waals surface area (Å²) in [7, 11) is 0.245. The highest BCUT2D eigenvalue weighted by Gasteiger charge is 2.49. The fourth-order valence-electron chi connectivity index (χ4n) is 5.07. The Hall–Kier alpha value is -2.05. The molecule has 3 rings (SSSR count). The number of phenols is 1. The number of aromatic hydroxyl groups is 1. The second kappa shape index (κ2) is 9.84. The smallest absolute Gasteiger partial charge is 0.179 e. The van der Waals surface area contributed by atoms with Gasteiger partial charge in [0.25, 0.3) is 0 Å². The van der Waals surface area contributed by atoms with Gasteiger partial charge in [0, 0.05) is 31.1 Å². The van der Waals surface area contributed by atoms with Crippen LogP contribution in [0, 0.1) is 5.41 Å². The summed E-state index contributed by atoms with van der Waals surface area (Å²) in [5.74, 6) is -0.379. The molecule has 1 aliphatic heterocycles. The minimum absolute atomic E-state index is 0.0376. The minimum Gasteiger partial charge on any atom is -0.508 e. The Balaban J connectivity index is 2.30. The van der Waals surface area contributed by atoms with E-state index in [1.54, 1.807) is 30.3 Å². The standard InChI is InChI=1S/C26H37NO4S/c1-5-7-15-26(16-8-6-2)18-32(30,31)23-14-11-20(27(3)4)17-22(23)24(25(26)29)19-9-12-21(28)13-10-19/h9-14,17,24-25,28-29H,5-8,15-16,18H2,1-4H3. The Kier molecular flexibility index (Phi) is 7.56. The molecule has 2 unspecified atom stereocenters. The van der Waals surface area contributed by atoms with Crippen LogP contribution in [0.4, 0.5) is 5.69 Å². The zero-order chi connectivity index (χ0) is 23.5. The summed E-state index contributed by atoms with van der Waals surface area (Å²) in [6, 6.07) is 12.3. The highest BCUT2D eigenvalue weighted by molar-refractivity contribution is 7.91. The first-order chi connectivity index (χ1) is 15.1. The van der Waals surface area contributed by atoms with Gasteiger partial charge in [0.15, 0.2) is 9.84 Å². The molecule has 1 aliphatic rings. The van der Waals surface area contributed by atoms with Crippen molar-refractivity contribution in [2.45, 2.75) is 69.3 Å². The molecule has 0 saturated carbocycles. The van der Waals surface area contributed by atoms with Gasteiger partial charge >= 0.3 is 0 Å². The quantitative estimate of drug-likeness (QED) is 0.574. The van der Waals surface area contributed by atoms with Crippen molar-refractivity contribution >= 4 is 15.5 Å². The van der Waals surface area contributed by atoms with E-state index in [1.165, 1.54) is 0 Å². The first kappa shape index (κ1) is 24.6. The second-order valence-electron chi connectivity index (χ2n) is 9.46. The number of sulfone groups is 1. The highest BCUT2D eigenvalue weighted by atomic mass is 32.2. The molecule has 176 valence electrons. The maximum absolute atomic E-state index is 13.7. The Morgan fingerprint density at radius 2 is 1.59 bits per heavy atom. The summed E-state index contributed by atoms with van der Waals surface area (Å²) in [5.41, 5.74) is 1.64. The third-order valence-corrected chi connectivity index (χ3v) is 8.91. The average molecular weight is 460 g/mol. The van der Waals surface area contributed by atoms with Gasteiger partial charge in [0.1, 0.15) is 5.75 Å². The van der Waals surface area contributed by atoms with E-state index in [0.29, 0.717) is 23.3 Å². The molecule has 0 amide bonds. The number of rotatable bonds is 8. The molecule has 32 heavy (non-hydrogen) atoms. The van der Waals surface area contributed by atoms with E-state index in [1.807, 2.05) is 31.1 Å². The summed E-state index contributed by atoms with van der Waals surface area (Å²) in [5, 5.41) is 21.8. The number of hydrogen-bond acceptors (Lipinski definition) is 5. The van der Waals surface area contributed by atoms with Crippen molar-refractivity contribution in [2.24, 2.45) is 5.41 Å². The molecule has 1 heterocycles. The SMILES string of the molecule is CCCCC1(CCCC)CS(=O)(=O)c2ccc(N(C)C)cc2C(c2ccc(O)cc2)C1O.